The molecule has 11 rings (SSSR count). The molecule has 0 aliphatic heterocycles. The summed E-state index contributed by atoms with van der Waals surface area (Å²) in [4.78, 5) is 2.38. The SMILES string of the molecule is c1cc(-c2ccc3c(c2)sc2ccccc23)cc(N(c2ccc(-c3ccc4ccccc4c3)cc2)c2ccc(-c3cccc4c3sc3ccccc34)cc2)c1. The quantitative estimate of drug-likeness (QED) is 0.164. The van der Waals surface area contributed by atoms with Gasteiger partial charge >= 0.3 is 0 Å². The van der Waals surface area contributed by atoms with E-state index in [1.165, 1.54) is 84.5 Å². The summed E-state index contributed by atoms with van der Waals surface area (Å²) < 4.78 is 5.30. The summed E-state index contributed by atoms with van der Waals surface area (Å²) in [5.41, 5.74) is 10.7. The number of thiophene rings is 2. The normalized spacial score (nSPS) is 11.6. The van der Waals surface area contributed by atoms with Gasteiger partial charge in [0.05, 0.1) is 0 Å². The van der Waals surface area contributed by atoms with Crippen molar-refractivity contribution in [3.05, 3.63) is 200 Å². The van der Waals surface area contributed by atoms with Crippen LogP contribution >= 0.6 is 22.7 Å². The van der Waals surface area contributed by atoms with Crippen molar-refractivity contribution in [2.45, 2.75) is 0 Å². The smallest absolute Gasteiger partial charge is 0.0467 e. The molecule has 0 spiro atoms. The Balaban J connectivity index is 1.01. The average Bonchev–Trinajstić information content (AvgIpc) is 3.82. The van der Waals surface area contributed by atoms with E-state index in [0.717, 1.165) is 17.1 Å². The van der Waals surface area contributed by atoms with Crippen molar-refractivity contribution in [3.8, 4) is 33.4 Å². The number of hydrogen-bond donors (Lipinski definition) is 0. The summed E-state index contributed by atoms with van der Waals surface area (Å²) in [6.45, 7) is 0. The van der Waals surface area contributed by atoms with Gasteiger partial charge in [0.1, 0.15) is 0 Å². The number of fused-ring (bicyclic) bond motifs is 7. The molecule has 2 heterocycles. The lowest BCUT2D eigenvalue weighted by atomic mass is 10.00. The van der Waals surface area contributed by atoms with Crippen LogP contribution in [-0.4, -0.2) is 0 Å². The molecule has 0 aliphatic rings. The molecule has 0 atom stereocenters. The topological polar surface area (TPSA) is 3.24 Å². The maximum Gasteiger partial charge on any atom is 0.0467 e. The van der Waals surface area contributed by atoms with E-state index >= 15 is 0 Å². The van der Waals surface area contributed by atoms with E-state index in [9.17, 15) is 0 Å². The van der Waals surface area contributed by atoms with Crippen LogP contribution in [0.5, 0.6) is 0 Å². The lowest BCUT2D eigenvalue weighted by Crippen LogP contribution is -2.10. The fourth-order valence-corrected chi connectivity index (χ4v) is 10.5. The first kappa shape index (κ1) is 32.0. The molecule has 258 valence electrons. The number of benzene rings is 9. The zero-order valence-electron chi connectivity index (χ0n) is 29.8. The Bertz CT molecular complexity index is 3200. The van der Waals surface area contributed by atoms with Crippen LogP contribution in [0.1, 0.15) is 0 Å². The van der Waals surface area contributed by atoms with Gasteiger partial charge in [0, 0.05) is 57.4 Å². The molecule has 0 aliphatic carbocycles. The molecule has 11 aromatic rings. The summed E-state index contributed by atoms with van der Waals surface area (Å²) in [5.74, 6) is 0. The minimum atomic E-state index is 1.11. The largest absolute Gasteiger partial charge is 0.310 e. The van der Waals surface area contributed by atoms with Crippen molar-refractivity contribution < 1.29 is 0 Å². The van der Waals surface area contributed by atoms with Gasteiger partial charge in [-0.15, -0.1) is 22.7 Å². The Morgan fingerprint density at radius 2 is 0.855 bits per heavy atom. The van der Waals surface area contributed by atoms with Crippen molar-refractivity contribution >= 4 is 90.9 Å². The second-order valence-corrected chi connectivity index (χ2v) is 16.3. The summed E-state index contributed by atoms with van der Waals surface area (Å²) >= 11 is 3.74. The van der Waals surface area contributed by atoms with Crippen LogP contribution in [0.15, 0.2) is 200 Å². The van der Waals surface area contributed by atoms with Gasteiger partial charge in [-0.2, -0.15) is 0 Å². The van der Waals surface area contributed by atoms with Gasteiger partial charge in [-0.1, -0.05) is 140 Å². The van der Waals surface area contributed by atoms with Crippen LogP contribution in [0, 0.1) is 0 Å². The third-order valence-corrected chi connectivity index (χ3v) is 13.2. The molecule has 1 nitrogen and oxygen atoms in total. The second-order valence-electron chi connectivity index (χ2n) is 14.1. The van der Waals surface area contributed by atoms with Gasteiger partial charge in [-0.3, -0.25) is 0 Å². The van der Waals surface area contributed by atoms with Gasteiger partial charge in [0.15, 0.2) is 0 Å². The Hall–Kier alpha value is -6.52. The molecule has 9 aromatic carbocycles. The van der Waals surface area contributed by atoms with Crippen molar-refractivity contribution in [1.29, 1.82) is 0 Å². The van der Waals surface area contributed by atoms with Crippen molar-refractivity contribution in [3.63, 3.8) is 0 Å². The molecule has 0 bridgehead atoms. The molecular formula is C52H33NS2. The molecule has 2 aromatic heterocycles. The first-order valence-corrected chi connectivity index (χ1v) is 20.3. The highest BCUT2D eigenvalue weighted by atomic mass is 32.1. The lowest BCUT2D eigenvalue weighted by Gasteiger charge is -2.26. The van der Waals surface area contributed by atoms with Crippen LogP contribution in [0.4, 0.5) is 17.1 Å². The third kappa shape index (κ3) is 5.60. The van der Waals surface area contributed by atoms with Crippen molar-refractivity contribution in [2.24, 2.45) is 0 Å². The fraction of sp³-hybridized carbons (Fsp3) is 0. The highest BCUT2D eigenvalue weighted by Gasteiger charge is 2.16. The van der Waals surface area contributed by atoms with E-state index in [0.29, 0.717) is 0 Å². The highest BCUT2D eigenvalue weighted by molar-refractivity contribution is 7.26. The molecule has 0 amide bonds. The highest BCUT2D eigenvalue weighted by Crippen LogP contribution is 2.43. The summed E-state index contributed by atoms with van der Waals surface area (Å²) in [6.07, 6.45) is 0. The van der Waals surface area contributed by atoms with Crippen LogP contribution in [-0.2, 0) is 0 Å². The monoisotopic (exact) mass is 735 g/mol. The van der Waals surface area contributed by atoms with E-state index < -0.39 is 0 Å². The second kappa shape index (κ2) is 13.1. The molecule has 0 radical (unpaired) electrons. The third-order valence-electron chi connectivity index (χ3n) is 10.9. The number of rotatable bonds is 6. The first-order valence-electron chi connectivity index (χ1n) is 18.7. The number of hydrogen-bond acceptors (Lipinski definition) is 3. The number of nitrogens with zero attached hydrogens (tertiary/aromatic N) is 1. The van der Waals surface area contributed by atoms with E-state index in [4.69, 9.17) is 0 Å². The standard InChI is InChI=1S/C52H33NS2/c1-2-10-37-31-39(20-19-34(37)9-1)35-21-26-41(27-22-35)53(42-28-23-36(24-29-42)44-15-8-16-48-46-14-4-6-18-50(46)55-52(44)48)43-12-7-11-38(32-43)40-25-30-47-45-13-3-5-17-49(45)54-51(47)33-40/h1-33H. The van der Waals surface area contributed by atoms with Crippen molar-refractivity contribution in [2.75, 3.05) is 4.90 Å². The Morgan fingerprint density at radius 1 is 0.291 bits per heavy atom. The predicted octanol–water partition coefficient (Wildman–Crippen LogP) is 16.0. The molecule has 0 unspecified atom stereocenters. The van der Waals surface area contributed by atoms with E-state index in [2.05, 4.69) is 205 Å². The molecule has 0 N–H and O–H groups in total. The minimum absolute atomic E-state index is 1.11. The van der Waals surface area contributed by atoms with E-state index in [-0.39, 0.29) is 0 Å². The number of anilines is 3. The van der Waals surface area contributed by atoms with Gasteiger partial charge < -0.3 is 4.90 Å². The average molecular weight is 736 g/mol. The zero-order chi connectivity index (χ0) is 36.3. The molecule has 0 saturated carbocycles. The molecule has 3 heteroatoms. The van der Waals surface area contributed by atoms with Crippen molar-refractivity contribution in [1.82, 2.24) is 0 Å². The van der Waals surface area contributed by atoms with Crippen LogP contribution in [0.3, 0.4) is 0 Å². The predicted molar refractivity (Wildman–Crippen MR) is 241 cm³/mol. The Kier molecular flexibility index (Phi) is 7.61. The van der Waals surface area contributed by atoms with Crippen LogP contribution in [0.2, 0.25) is 0 Å². The Labute approximate surface area is 327 Å². The fourth-order valence-electron chi connectivity index (χ4n) is 8.11. The lowest BCUT2D eigenvalue weighted by molar-refractivity contribution is 1.28. The Morgan fingerprint density at radius 3 is 1.65 bits per heavy atom. The van der Waals surface area contributed by atoms with E-state index in [1.54, 1.807) is 0 Å². The summed E-state index contributed by atoms with van der Waals surface area (Å²) in [5, 5.41) is 7.80. The summed E-state index contributed by atoms with van der Waals surface area (Å²) in [6, 6.07) is 73.4. The van der Waals surface area contributed by atoms with E-state index in [1.807, 2.05) is 22.7 Å². The zero-order valence-corrected chi connectivity index (χ0v) is 31.4. The maximum atomic E-state index is 2.38. The molecule has 0 fully saturated rings. The first-order chi connectivity index (χ1) is 27.2. The molecule has 0 saturated heterocycles. The summed E-state index contributed by atoms with van der Waals surface area (Å²) in [7, 11) is 0. The van der Waals surface area contributed by atoms with Gasteiger partial charge in [-0.05, 0) is 105 Å². The van der Waals surface area contributed by atoms with Gasteiger partial charge in [0.25, 0.3) is 0 Å². The minimum Gasteiger partial charge on any atom is -0.310 e. The maximum absolute atomic E-state index is 2.38. The molecular weight excluding hydrogens is 703 g/mol. The van der Waals surface area contributed by atoms with Gasteiger partial charge in [0.2, 0.25) is 0 Å². The van der Waals surface area contributed by atoms with Crippen LogP contribution in [0.25, 0.3) is 84.5 Å². The molecule has 55 heavy (non-hydrogen) atoms. The van der Waals surface area contributed by atoms with Gasteiger partial charge in [-0.25, -0.2) is 0 Å². The van der Waals surface area contributed by atoms with Crippen LogP contribution < -0.4 is 4.90 Å².